The number of nitrogens with two attached hydrogens (primary N) is 1. The number of carbonyl (C=O) groups is 1. The molecule has 0 atom stereocenters. The van der Waals surface area contributed by atoms with Crippen molar-refractivity contribution in [3.8, 4) is 5.75 Å². The van der Waals surface area contributed by atoms with Gasteiger partial charge < -0.3 is 20.7 Å². The third-order valence-electron chi connectivity index (χ3n) is 5.97. The van der Waals surface area contributed by atoms with Crippen molar-refractivity contribution >= 4 is 23.4 Å². The lowest BCUT2D eigenvalue weighted by atomic mass is 9.96. The lowest BCUT2D eigenvalue weighted by molar-refractivity contribution is 0.0933. The van der Waals surface area contributed by atoms with Crippen molar-refractivity contribution in [3.63, 3.8) is 0 Å². The zero-order valence-electron chi connectivity index (χ0n) is 18.7. The van der Waals surface area contributed by atoms with E-state index in [4.69, 9.17) is 10.5 Å². The fourth-order valence-corrected chi connectivity index (χ4v) is 4.86. The summed E-state index contributed by atoms with van der Waals surface area (Å²) < 4.78 is 5.34. The number of piperidine rings is 1. The molecular weight excluding hydrogens is 406 g/mol. The molecule has 0 spiro atoms. The van der Waals surface area contributed by atoms with Crippen molar-refractivity contribution in [2.75, 3.05) is 44.8 Å². The van der Waals surface area contributed by atoms with Crippen LogP contribution in [0.4, 0.5) is 5.69 Å². The molecule has 3 rings (SSSR count). The quantitative estimate of drug-likeness (QED) is 0.424. The molecule has 0 aromatic heterocycles. The van der Waals surface area contributed by atoms with E-state index in [0.29, 0.717) is 29.5 Å². The number of rotatable bonds is 10. The number of nitrogen functional groups attached to an aromatic ring is 1. The summed E-state index contributed by atoms with van der Waals surface area (Å²) in [6.07, 6.45) is 3.50. The predicted molar refractivity (Wildman–Crippen MR) is 131 cm³/mol. The maximum Gasteiger partial charge on any atom is 0.255 e. The Balaban J connectivity index is 1.32. The standard InChI is InChI=1S/C25H35N3O2S/c1-19-15-22(24(30-2)16-23(19)26)25(29)27-17-20-9-12-28(13-10-20)11-6-14-31-18-21-7-4-3-5-8-21/h3-5,7-8,15-16,20H,6,9-14,17-18,26H2,1-2H3,(H,27,29). The number of likely N-dealkylation sites (tertiary alicyclic amines) is 1. The Bertz CT molecular complexity index is 836. The van der Waals surface area contributed by atoms with Crippen LogP contribution in [-0.2, 0) is 5.75 Å². The van der Waals surface area contributed by atoms with Gasteiger partial charge in [0.05, 0.1) is 12.7 Å². The second-order valence-corrected chi connectivity index (χ2v) is 9.40. The van der Waals surface area contributed by atoms with Crippen molar-refractivity contribution < 1.29 is 9.53 Å². The van der Waals surface area contributed by atoms with Gasteiger partial charge in [0.2, 0.25) is 0 Å². The zero-order chi connectivity index (χ0) is 22.1. The Labute approximate surface area is 190 Å². The zero-order valence-corrected chi connectivity index (χ0v) is 19.5. The van der Waals surface area contributed by atoms with Gasteiger partial charge in [-0.3, -0.25) is 4.79 Å². The SMILES string of the molecule is COc1cc(N)c(C)cc1C(=O)NCC1CCN(CCCSCc2ccccc2)CC1. The second-order valence-electron chi connectivity index (χ2n) is 8.30. The topological polar surface area (TPSA) is 67.6 Å². The number of ether oxygens (including phenoxy) is 1. The first-order valence-corrected chi connectivity index (χ1v) is 12.3. The first kappa shape index (κ1) is 23.5. The van der Waals surface area contributed by atoms with Crippen LogP contribution in [0.15, 0.2) is 42.5 Å². The molecular formula is C25H35N3O2S. The summed E-state index contributed by atoms with van der Waals surface area (Å²) >= 11 is 2.02. The van der Waals surface area contributed by atoms with Crippen molar-refractivity contribution in [1.82, 2.24) is 10.2 Å². The monoisotopic (exact) mass is 441 g/mol. The summed E-state index contributed by atoms with van der Waals surface area (Å²) in [6, 6.07) is 14.2. The Morgan fingerprint density at radius 1 is 1.23 bits per heavy atom. The van der Waals surface area contributed by atoms with Crippen LogP contribution in [0, 0.1) is 12.8 Å². The molecule has 31 heavy (non-hydrogen) atoms. The molecule has 0 radical (unpaired) electrons. The maximum atomic E-state index is 12.7. The number of hydrogen-bond donors (Lipinski definition) is 2. The summed E-state index contributed by atoms with van der Waals surface area (Å²) in [6.45, 7) is 6.03. The minimum Gasteiger partial charge on any atom is -0.496 e. The van der Waals surface area contributed by atoms with Gasteiger partial charge in [-0.1, -0.05) is 30.3 Å². The van der Waals surface area contributed by atoms with E-state index in [1.165, 1.54) is 24.3 Å². The summed E-state index contributed by atoms with van der Waals surface area (Å²) in [5.41, 5.74) is 9.42. The molecule has 0 aliphatic carbocycles. The number of aryl methyl sites for hydroxylation is 1. The van der Waals surface area contributed by atoms with Crippen LogP contribution >= 0.6 is 11.8 Å². The van der Waals surface area contributed by atoms with Gasteiger partial charge in [-0.25, -0.2) is 0 Å². The van der Waals surface area contributed by atoms with E-state index in [2.05, 4.69) is 40.5 Å². The van der Waals surface area contributed by atoms with Crippen LogP contribution in [-0.4, -0.2) is 49.8 Å². The second kappa shape index (κ2) is 12.0. The molecule has 5 nitrogen and oxygen atoms in total. The minimum absolute atomic E-state index is 0.0854. The van der Waals surface area contributed by atoms with Gasteiger partial charge >= 0.3 is 0 Å². The van der Waals surface area contributed by atoms with Gasteiger partial charge in [-0.05, 0) is 74.7 Å². The molecule has 168 valence electrons. The van der Waals surface area contributed by atoms with E-state index in [-0.39, 0.29) is 5.91 Å². The van der Waals surface area contributed by atoms with Crippen molar-refractivity contribution in [2.24, 2.45) is 5.92 Å². The van der Waals surface area contributed by atoms with Gasteiger partial charge in [0.15, 0.2) is 0 Å². The average Bonchev–Trinajstić information content (AvgIpc) is 2.80. The number of nitrogens with zero attached hydrogens (tertiary/aromatic N) is 1. The first-order chi connectivity index (χ1) is 15.1. The Kier molecular flexibility index (Phi) is 9.10. The highest BCUT2D eigenvalue weighted by Crippen LogP contribution is 2.25. The summed E-state index contributed by atoms with van der Waals surface area (Å²) in [4.78, 5) is 15.2. The fraction of sp³-hybridized carbons (Fsp3) is 0.480. The maximum absolute atomic E-state index is 12.7. The number of nitrogens with one attached hydrogen (secondary N) is 1. The molecule has 6 heteroatoms. The smallest absolute Gasteiger partial charge is 0.255 e. The van der Waals surface area contributed by atoms with Crippen LogP contribution in [0.3, 0.4) is 0 Å². The number of benzene rings is 2. The summed E-state index contributed by atoms with van der Waals surface area (Å²) in [5.74, 6) is 3.28. The van der Waals surface area contributed by atoms with E-state index in [1.54, 1.807) is 13.2 Å². The van der Waals surface area contributed by atoms with E-state index in [1.807, 2.05) is 24.8 Å². The molecule has 2 aromatic carbocycles. The number of hydrogen-bond acceptors (Lipinski definition) is 5. The van der Waals surface area contributed by atoms with Crippen molar-refractivity contribution in [1.29, 1.82) is 0 Å². The van der Waals surface area contributed by atoms with Gasteiger partial charge in [-0.15, -0.1) is 0 Å². The summed E-state index contributed by atoms with van der Waals surface area (Å²) in [7, 11) is 1.57. The number of anilines is 1. The molecule has 1 fully saturated rings. The molecule has 0 unspecified atom stereocenters. The van der Waals surface area contributed by atoms with E-state index < -0.39 is 0 Å². The number of carbonyl (C=O) groups excluding carboxylic acids is 1. The number of methoxy groups -OCH3 is 1. The molecule has 2 aromatic rings. The number of thioether (sulfide) groups is 1. The minimum atomic E-state index is -0.0854. The van der Waals surface area contributed by atoms with Crippen LogP contribution in [0.1, 0.15) is 40.7 Å². The normalized spacial score (nSPS) is 15.0. The van der Waals surface area contributed by atoms with Crippen LogP contribution in [0.25, 0.3) is 0 Å². The highest BCUT2D eigenvalue weighted by atomic mass is 32.2. The molecule has 1 aliphatic rings. The summed E-state index contributed by atoms with van der Waals surface area (Å²) in [5, 5.41) is 3.10. The lowest BCUT2D eigenvalue weighted by Crippen LogP contribution is -2.39. The molecule has 3 N–H and O–H groups in total. The van der Waals surface area contributed by atoms with E-state index in [9.17, 15) is 4.79 Å². The average molecular weight is 442 g/mol. The third kappa shape index (κ3) is 7.18. The third-order valence-corrected chi connectivity index (χ3v) is 7.08. The molecule has 1 aliphatic heterocycles. The highest BCUT2D eigenvalue weighted by Gasteiger charge is 2.21. The Morgan fingerprint density at radius 2 is 1.97 bits per heavy atom. The largest absolute Gasteiger partial charge is 0.496 e. The van der Waals surface area contributed by atoms with Gasteiger partial charge in [-0.2, -0.15) is 11.8 Å². The Morgan fingerprint density at radius 3 is 2.68 bits per heavy atom. The first-order valence-electron chi connectivity index (χ1n) is 11.1. The van der Waals surface area contributed by atoms with Gasteiger partial charge in [0, 0.05) is 24.1 Å². The predicted octanol–water partition coefficient (Wildman–Crippen LogP) is 4.35. The molecule has 1 heterocycles. The Hall–Kier alpha value is -2.18. The van der Waals surface area contributed by atoms with Gasteiger partial charge in [0.25, 0.3) is 5.91 Å². The fourth-order valence-electron chi connectivity index (χ4n) is 3.95. The lowest BCUT2D eigenvalue weighted by Gasteiger charge is -2.32. The molecule has 1 amide bonds. The van der Waals surface area contributed by atoms with Crippen molar-refractivity contribution in [3.05, 3.63) is 59.2 Å². The van der Waals surface area contributed by atoms with Crippen LogP contribution in [0.5, 0.6) is 5.75 Å². The molecule has 1 saturated heterocycles. The van der Waals surface area contributed by atoms with Gasteiger partial charge in [0.1, 0.15) is 5.75 Å². The van der Waals surface area contributed by atoms with Crippen LogP contribution < -0.4 is 15.8 Å². The molecule has 0 saturated carbocycles. The van der Waals surface area contributed by atoms with Crippen LogP contribution in [0.2, 0.25) is 0 Å². The van der Waals surface area contributed by atoms with Crippen molar-refractivity contribution in [2.45, 2.75) is 31.9 Å². The number of amides is 1. The molecule has 0 bridgehead atoms. The highest BCUT2D eigenvalue weighted by molar-refractivity contribution is 7.98. The van der Waals surface area contributed by atoms with E-state index >= 15 is 0 Å². The van der Waals surface area contributed by atoms with E-state index in [0.717, 1.165) is 37.2 Å².